The molecular formula is C14H21O2P. The van der Waals surface area contributed by atoms with E-state index in [1.807, 2.05) is 39.8 Å². The Hall–Kier alpha value is -0.880. The van der Waals surface area contributed by atoms with Crippen LogP contribution in [0.5, 0.6) is 0 Å². The van der Waals surface area contributed by atoms with Crippen LogP contribution in [0.1, 0.15) is 46.8 Å². The number of benzene rings is 1. The van der Waals surface area contributed by atoms with Crippen molar-refractivity contribution in [3.8, 4) is 0 Å². The molecule has 0 heterocycles. The fourth-order valence-electron chi connectivity index (χ4n) is 2.13. The van der Waals surface area contributed by atoms with E-state index in [0.29, 0.717) is 11.7 Å². The predicted molar refractivity (Wildman–Crippen MR) is 73.8 cm³/mol. The standard InChI is InChI=1S/C14H21O2P/c1-5-6-7-17(16)14(15)13-11(3)8-10(2)9-12(13)4/h8-9,17H,5-7H2,1-4H3. The Morgan fingerprint density at radius 3 is 2.18 bits per heavy atom. The van der Waals surface area contributed by atoms with E-state index in [1.54, 1.807) is 0 Å². The van der Waals surface area contributed by atoms with Crippen molar-refractivity contribution in [2.75, 3.05) is 6.16 Å². The molecule has 1 aromatic carbocycles. The van der Waals surface area contributed by atoms with Gasteiger partial charge < -0.3 is 4.57 Å². The molecule has 94 valence electrons. The smallest absolute Gasteiger partial charge is 0.219 e. The predicted octanol–water partition coefficient (Wildman–Crippen LogP) is 4.11. The molecule has 2 nitrogen and oxygen atoms in total. The van der Waals surface area contributed by atoms with Gasteiger partial charge in [-0.2, -0.15) is 0 Å². The molecule has 0 fully saturated rings. The molecule has 0 amide bonds. The average Bonchev–Trinajstić information content (AvgIpc) is 2.24. The molecular weight excluding hydrogens is 231 g/mol. The van der Waals surface area contributed by atoms with Gasteiger partial charge in [-0.3, -0.25) is 4.79 Å². The minimum absolute atomic E-state index is 0.140. The van der Waals surface area contributed by atoms with Crippen LogP contribution >= 0.6 is 7.80 Å². The zero-order chi connectivity index (χ0) is 13.0. The molecule has 1 rings (SSSR count). The van der Waals surface area contributed by atoms with Crippen LogP contribution in [0.3, 0.4) is 0 Å². The molecule has 1 unspecified atom stereocenters. The Labute approximate surface area is 104 Å². The van der Waals surface area contributed by atoms with Gasteiger partial charge >= 0.3 is 0 Å². The maximum atomic E-state index is 12.1. The topological polar surface area (TPSA) is 34.1 Å². The van der Waals surface area contributed by atoms with Gasteiger partial charge in [-0.25, -0.2) is 0 Å². The molecule has 0 radical (unpaired) electrons. The lowest BCUT2D eigenvalue weighted by atomic mass is 10.0. The van der Waals surface area contributed by atoms with E-state index in [0.717, 1.165) is 29.5 Å². The fourth-order valence-corrected chi connectivity index (χ4v) is 3.70. The zero-order valence-corrected chi connectivity index (χ0v) is 12.1. The molecule has 0 bridgehead atoms. The van der Waals surface area contributed by atoms with Crippen molar-refractivity contribution in [3.05, 3.63) is 34.4 Å². The summed E-state index contributed by atoms with van der Waals surface area (Å²) in [6.45, 7) is 7.89. The number of hydrogen-bond donors (Lipinski definition) is 0. The number of unbranched alkanes of at least 4 members (excludes halogenated alkanes) is 1. The monoisotopic (exact) mass is 252 g/mol. The third kappa shape index (κ3) is 3.54. The van der Waals surface area contributed by atoms with Crippen LogP contribution in [0.15, 0.2) is 12.1 Å². The van der Waals surface area contributed by atoms with Gasteiger partial charge in [0.1, 0.15) is 7.80 Å². The van der Waals surface area contributed by atoms with Crippen LogP contribution in [0.2, 0.25) is 0 Å². The molecule has 1 aromatic rings. The number of hydrogen-bond acceptors (Lipinski definition) is 2. The molecule has 0 saturated carbocycles. The van der Waals surface area contributed by atoms with E-state index in [-0.39, 0.29) is 5.52 Å². The highest BCUT2D eigenvalue weighted by molar-refractivity contribution is 7.64. The quantitative estimate of drug-likeness (QED) is 0.739. The van der Waals surface area contributed by atoms with E-state index in [2.05, 4.69) is 0 Å². The molecule has 1 atom stereocenters. The molecule has 0 N–H and O–H groups in total. The maximum Gasteiger partial charge on any atom is 0.219 e. The van der Waals surface area contributed by atoms with Crippen molar-refractivity contribution in [1.82, 2.24) is 0 Å². The van der Waals surface area contributed by atoms with E-state index >= 15 is 0 Å². The van der Waals surface area contributed by atoms with Crippen molar-refractivity contribution in [2.24, 2.45) is 0 Å². The Kier molecular flexibility index (Phi) is 5.14. The lowest BCUT2D eigenvalue weighted by molar-refractivity contribution is 0.107. The molecule has 0 aliphatic heterocycles. The Balaban J connectivity index is 3.00. The summed E-state index contributed by atoms with van der Waals surface area (Å²) in [6.07, 6.45) is 2.40. The van der Waals surface area contributed by atoms with Gasteiger partial charge in [-0.15, -0.1) is 0 Å². The molecule has 0 spiro atoms. The number of aryl methyl sites for hydroxylation is 3. The van der Waals surface area contributed by atoms with Crippen molar-refractivity contribution in [1.29, 1.82) is 0 Å². The lowest BCUT2D eigenvalue weighted by Gasteiger charge is -2.10. The highest BCUT2D eigenvalue weighted by Crippen LogP contribution is 2.31. The molecule has 0 aliphatic rings. The van der Waals surface area contributed by atoms with Crippen molar-refractivity contribution >= 4 is 13.3 Å². The van der Waals surface area contributed by atoms with Crippen LogP contribution in [-0.2, 0) is 4.57 Å². The van der Waals surface area contributed by atoms with E-state index < -0.39 is 7.80 Å². The zero-order valence-electron chi connectivity index (χ0n) is 11.1. The van der Waals surface area contributed by atoms with E-state index in [9.17, 15) is 9.36 Å². The summed E-state index contributed by atoms with van der Waals surface area (Å²) in [4.78, 5) is 12.1. The Morgan fingerprint density at radius 1 is 1.18 bits per heavy atom. The fraction of sp³-hybridized carbons (Fsp3) is 0.500. The van der Waals surface area contributed by atoms with Gasteiger partial charge in [0.2, 0.25) is 5.52 Å². The van der Waals surface area contributed by atoms with Crippen LogP contribution < -0.4 is 0 Å². The van der Waals surface area contributed by atoms with Gasteiger partial charge in [0.05, 0.1) is 0 Å². The van der Waals surface area contributed by atoms with E-state index in [4.69, 9.17) is 0 Å². The second-order valence-corrected chi connectivity index (χ2v) is 6.43. The van der Waals surface area contributed by atoms with Crippen LogP contribution in [0, 0.1) is 20.8 Å². The Bertz CT molecular complexity index is 427. The largest absolute Gasteiger partial charge is 0.318 e. The first kappa shape index (κ1) is 14.2. The molecule has 3 heteroatoms. The highest BCUT2D eigenvalue weighted by Gasteiger charge is 2.18. The molecule has 0 aliphatic carbocycles. The second kappa shape index (κ2) is 6.16. The highest BCUT2D eigenvalue weighted by atomic mass is 31.1. The summed E-state index contributed by atoms with van der Waals surface area (Å²) in [7, 11) is -2.13. The van der Waals surface area contributed by atoms with Crippen LogP contribution in [-0.4, -0.2) is 11.7 Å². The summed E-state index contributed by atoms with van der Waals surface area (Å²) < 4.78 is 11.9. The third-order valence-electron chi connectivity index (χ3n) is 2.91. The summed E-state index contributed by atoms with van der Waals surface area (Å²) in [6, 6.07) is 3.96. The summed E-state index contributed by atoms with van der Waals surface area (Å²) >= 11 is 0. The second-order valence-electron chi connectivity index (χ2n) is 4.63. The average molecular weight is 252 g/mol. The SMILES string of the molecule is CCCC[PH](=O)C(=O)c1c(C)cc(C)cc1C. The Morgan fingerprint density at radius 2 is 1.71 bits per heavy atom. The van der Waals surface area contributed by atoms with Crippen LogP contribution in [0.25, 0.3) is 0 Å². The first-order chi connectivity index (χ1) is 7.97. The summed E-state index contributed by atoms with van der Waals surface area (Å²) in [5.41, 5.74) is 3.57. The van der Waals surface area contributed by atoms with Gasteiger partial charge in [-0.05, 0) is 38.3 Å². The van der Waals surface area contributed by atoms with Crippen LogP contribution in [0.4, 0.5) is 0 Å². The first-order valence-corrected chi connectivity index (χ1v) is 7.74. The van der Waals surface area contributed by atoms with Crippen molar-refractivity contribution in [3.63, 3.8) is 0 Å². The van der Waals surface area contributed by atoms with E-state index in [1.165, 1.54) is 0 Å². The maximum absolute atomic E-state index is 12.1. The molecule has 17 heavy (non-hydrogen) atoms. The van der Waals surface area contributed by atoms with Gasteiger partial charge in [-0.1, -0.05) is 31.0 Å². The van der Waals surface area contributed by atoms with Gasteiger partial charge in [0, 0.05) is 11.7 Å². The first-order valence-electron chi connectivity index (χ1n) is 6.12. The number of carbonyl (C=O) groups excluding carboxylic acids is 1. The minimum atomic E-state index is -2.13. The lowest BCUT2D eigenvalue weighted by Crippen LogP contribution is -2.02. The van der Waals surface area contributed by atoms with Crippen molar-refractivity contribution in [2.45, 2.75) is 40.5 Å². The van der Waals surface area contributed by atoms with Gasteiger partial charge in [0.25, 0.3) is 0 Å². The minimum Gasteiger partial charge on any atom is -0.318 e. The molecule has 0 saturated heterocycles. The normalized spacial score (nSPS) is 12.5. The number of carbonyl (C=O) groups is 1. The number of rotatable bonds is 5. The third-order valence-corrected chi connectivity index (χ3v) is 4.48. The van der Waals surface area contributed by atoms with Crippen molar-refractivity contribution < 1.29 is 9.36 Å². The summed E-state index contributed by atoms with van der Waals surface area (Å²) in [5.74, 6) is 0. The summed E-state index contributed by atoms with van der Waals surface area (Å²) in [5, 5.41) is 0. The molecule has 0 aromatic heterocycles. The van der Waals surface area contributed by atoms with Gasteiger partial charge in [0.15, 0.2) is 0 Å².